The van der Waals surface area contributed by atoms with Crippen molar-refractivity contribution < 1.29 is 9.53 Å². The van der Waals surface area contributed by atoms with Gasteiger partial charge < -0.3 is 4.74 Å². The third kappa shape index (κ3) is 2.73. The van der Waals surface area contributed by atoms with Gasteiger partial charge in [0.2, 0.25) is 0 Å². The van der Waals surface area contributed by atoms with Gasteiger partial charge in [0.1, 0.15) is 6.61 Å². The maximum Gasteiger partial charge on any atom is 0.338 e. The van der Waals surface area contributed by atoms with Crippen LogP contribution in [0.5, 0.6) is 0 Å². The van der Waals surface area contributed by atoms with Crippen LogP contribution in [0.4, 0.5) is 0 Å². The predicted octanol–water partition coefficient (Wildman–Crippen LogP) is 4.57. The Morgan fingerprint density at radius 2 is 1.90 bits per heavy atom. The molecule has 0 fully saturated rings. The second-order valence-corrected chi connectivity index (χ2v) is 5.96. The van der Waals surface area contributed by atoms with Crippen molar-refractivity contribution in [2.24, 2.45) is 0 Å². The highest BCUT2D eigenvalue weighted by molar-refractivity contribution is 7.19. The molecule has 2 aromatic carbocycles. The molecule has 0 aliphatic rings. The van der Waals surface area contributed by atoms with Crippen LogP contribution in [0.15, 0.2) is 54.6 Å². The Kier molecular flexibility index (Phi) is 3.52. The number of thiophene rings is 1. The lowest BCUT2D eigenvalue weighted by Gasteiger charge is -2.05. The minimum atomic E-state index is -0.276. The van der Waals surface area contributed by atoms with Crippen LogP contribution in [-0.4, -0.2) is 5.97 Å². The van der Waals surface area contributed by atoms with Gasteiger partial charge in [-0.2, -0.15) is 0 Å². The fourth-order valence-electron chi connectivity index (χ4n) is 2.10. The minimum absolute atomic E-state index is 0.276. The van der Waals surface area contributed by atoms with Crippen molar-refractivity contribution in [3.05, 3.63) is 70.6 Å². The molecule has 1 heterocycles. The maximum absolute atomic E-state index is 12.1. The first kappa shape index (κ1) is 12.9. The van der Waals surface area contributed by atoms with Crippen LogP contribution >= 0.6 is 11.3 Å². The average molecular weight is 282 g/mol. The molecule has 20 heavy (non-hydrogen) atoms. The topological polar surface area (TPSA) is 26.3 Å². The molecular formula is C17H14O2S. The zero-order chi connectivity index (χ0) is 13.9. The number of benzene rings is 2. The third-order valence-electron chi connectivity index (χ3n) is 3.09. The van der Waals surface area contributed by atoms with Gasteiger partial charge in [-0.3, -0.25) is 0 Å². The first-order chi connectivity index (χ1) is 9.72. The molecule has 0 amide bonds. The van der Waals surface area contributed by atoms with Crippen molar-refractivity contribution in [2.75, 3.05) is 0 Å². The van der Waals surface area contributed by atoms with Gasteiger partial charge in [0.05, 0.1) is 5.56 Å². The van der Waals surface area contributed by atoms with Crippen LogP contribution in [0.3, 0.4) is 0 Å². The number of hydrogen-bond acceptors (Lipinski definition) is 3. The van der Waals surface area contributed by atoms with Gasteiger partial charge in [0.25, 0.3) is 0 Å². The summed E-state index contributed by atoms with van der Waals surface area (Å²) in [6.07, 6.45) is 0. The van der Waals surface area contributed by atoms with E-state index in [0.717, 1.165) is 10.3 Å². The Morgan fingerprint density at radius 3 is 2.70 bits per heavy atom. The molecule has 3 aromatic rings. The fourth-order valence-corrected chi connectivity index (χ4v) is 3.06. The Morgan fingerprint density at radius 1 is 1.10 bits per heavy atom. The number of fused-ring (bicyclic) bond motifs is 1. The van der Waals surface area contributed by atoms with E-state index in [4.69, 9.17) is 4.74 Å². The van der Waals surface area contributed by atoms with Crippen molar-refractivity contribution in [3.8, 4) is 0 Å². The second kappa shape index (κ2) is 5.47. The van der Waals surface area contributed by atoms with Crippen molar-refractivity contribution in [2.45, 2.75) is 13.5 Å². The smallest absolute Gasteiger partial charge is 0.338 e. The van der Waals surface area contributed by atoms with Crippen molar-refractivity contribution >= 4 is 27.4 Å². The molecular weight excluding hydrogens is 268 g/mol. The number of esters is 1. The highest BCUT2D eigenvalue weighted by Crippen LogP contribution is 2.26. The molecule has 0 radical (unpaired) electrons. The molecule has 0 unspecified atom stereocenters. The number of carbonyl (C=O) groups is 1. The van der Waals surface area contributed by atoms with Crippen molar-refractivity contribution in [1.82, 2.24) is 0 Å². The van der Waals surface area contributed by atoms with E-state index in [1.807, 2.05) is 48.5 Å². The Labute approximate surface area is 121 Å². The highest BCUT2D eigenvalue weighted by atomic mass is 32.1. The van der Waals surface area contributed by atoms with E-state index < -0.39 is 0 Å². The molecule has 100 valence electrons. The molecule has 1 aromatic heterocycles. The summed E-state index contributed by atoms with van der Waals surface area (Å²) in [5, 5.41) is 1.17. The Balaban J connectivity index is 1.75. The van der Waals surface area contributed by atoms with Crippen LogP contribution in [0, 0.1) is 6.92 Å². The first-order valence-corrected chi connectivity index (χ1v) is 7.25. The SMILES string of the molecule is Cc1cc2ccc(C(=O)OCc3ccccc3)cc2s1. The fraction of sp³-hybridized carbons (Fsp3) is 0.118. The summed E-state index contributed by atoms with van der Waals surface area (Å²) >= 11 is 1.69. The van der Waals surface area contributed by atoms with E-state index in [1.165, 1.54) is 10.3 Å². The van der Waals surface area contributed by atoms with Gasteiger partial charge in [0.15, 0.2) is 0 Å². The van der Waals surface area contributed by atoms with Crippen molar-refractivity contribution in [3.63, 3.8) is 0 Å². The molecule has 0 aliphatic heterocycles. The van der Waals surface area contributed by atoms with E-state index in [9.17, 15) is 4.79 Å². The van der Waals surface area contributed by atoms with Gasteiger partial charge in [-0.05, 0) is 36.1 Å². The van der Waals surface area contributed by atoms with Crippen LogP contribution in [0.2, 0.25) is 0 Å². The second-order valence-electron chi connectivity index (χ2n) is 4.67. The maximum atomic E-state index is 12.1. The first-order valence-electron chi connectivity index (χ1n) is 6.43. The quantitative estimate of drug-likeness (QED) is 0.658. The summed E-state index contributed by atoms with van der Waals surface area (Å²) in [7, 11) is 0. The minimum Gasteiger partial charge on any atom is -0.457 e. The summed E-state index contributed by atoms with van der Waals surface area (Å²) in [5.74, 6) is -0.276. The Bertz CT molecular complexity index is 744. The number of ether oxygens (including phenoxy) is 1. The number of hydrogen-bond donors (Lipinski definition) is 0. The molecule has 0 saturated carbocycles. The number of carbonyl (C=O) groups excluding carboxylic acids is 1. The van der Waals surface area contributed by atoms with Gasteiger partial charge in [-0.1, -0.05) is 36.4 Å². The van der Waals surface area contributed by atoms with Gasteiger partial charge >= 0.3 is 5.97 Å². The molecule has 0 bridgehead atoms. The van der Waals surface area contributed by atoms with Crippen LogP contribution in [-0.2, 0) is 11.3 Å². The van der Waals surface area contributed by atoms with E-state index >= 15 is 0 Å². The van der Waals surface area contributed by atoms with Crippen LogP contribution in [0.1, 0.15) is 20.8 Å². The molecule has 2 nitrogen and oxygen atoms in total. The molecule has 3 heteroatoms. The summed E-state index contributed by atoms with van der Waals surface area (Å²) in [5.41, 5.74) is 1.60. The largest absolute Gasteiger partial charge is 0.457 e. The molecule has 0 atom stereocenters. The predicted molar refractivity (Wildman–Crippen MR) is 82.1 cm³/mol. The molecule has 0 N–H and O–H groups in total. The zero-order valence-corrected chi connectivity index (χ0v) is 11.9. The highest BCUT2D eigenvalue weighted by Gasteiger charge is 2.09. The van der Waals surface area contributed by atoms with Crippen LogP contribution < -0.4 is 0 Å². The number of aryl methyl sites for hydroxylation is 1. The molecule has 0 spiro atoms. The summed E-state index contributed by atoms with van der Waals surface area (Å²) in [6, 6.07) is 17.5. The summed E-state index contributed by atoms with van der Waals surface area (Å²) in [6.45, 7) is 2.37. The van der Waals surface area contributed by atoms with E-state index in [2.05, 4.69) is 13.0 Å². The van der Waals surface area contributed by atoms with Gasteiger partial charge in [0, 0.05) is 9.58 Å². The standard InChI is InChI=1S/C17H14O2S/c1-12-9-14-7-8-15(10-16(14)20-12)17(18)19-11-13-5-3-2-4-6-13/h2-10H,11H2,1H3. The molecule has 0 aliphatic carbocycles. The van der Waals surface area contributed by atoms with E-state index in [1.54, 1.807) is 11.3 Å². The normalized spacial score (nSPS) is 10.7. The lowest BCUT2D eigenvalue weighted by atomic mass is 10.2. The summed E-state index contributed by atoms with van der Waals surface area (Å²) in [4.78, 5) is 13.3. The summed E-state index contributed by atoms with van der Waals surface area (Å²) < 4.78 is 6.46. The van der Waals surface area contributed by atoms with Crippen molar-refractivity contribution in [1.29, 1.82) is 0 Å². The van der Waals surface area contributed by atoms with Gasteiger partial charge in [-0.15, -0.1) is 11.3 Å². The lowest BCUT2D eigenvalue weighted by molar-refractivity contribution is 0.0473. The Hall–Kier alpha value is -2.13. The van der Waals surface area contributed by atoms with E-state index in [-0.39, 0.29) is 5.97 Å². The zero-order valence-electron chi connectivity index (χ0n) is 11.1. The number of rotatable bonds is 3. The monoisotopic (exact) mass is 282 g/mol. The molecule has 3 rings (SSSR count). The van der Waals surface area contributed by atoms with E-state index in [0.29, 0.717) is 12.2 Å². The molecule has 0 saturated heterocycles. The third-order valence-corrected chi connectivity index (χ3v) is 4.11. The average Bonchev–Trinajstić information content (AvgIpc) is 2.85. The van der Waals surface area contributed by atoms with Crippen LogP contribution in [0.25, 0.3) is 10.1 Å². The lowest BCUT2D eigenvalue weighted by Crippen LogP contribution is -2.04. The van der Waals surface area contributed by atoms with Gasteiger partial charge in [-0.25, -0.2) is 4.79 Å².